The second kappa shape index (κ2) is 4.93. The molecule has 0 N–H and O–H groups in total. The van der Waals surface area contributed by atoms with E-state index in [1.165, 1.54) is 0 Å². The van der Waals surface area contributed by atoms with Gasteiger partial charge in [0.1, 0.15) is 12.8 Å². The van der Waals surface area contributed by atoms with Crippen molar-refractivity contribution in [2.24, 2.45) is 0 Å². The quantitative estimate of drug-likeness (QED) is 0.543. The topological polar surface area (TPSA) is 9.23 Å². The zero-order chi connectivity index (χ0) is 14.1. The fraction of sp³-hybridized carbons (Fsp3) is 1.00. The van der Waals surface area contributed by atoms with Crippen LogP contribution in [0.3, 0.4) is 0 Å². The van der Waals surface area contributed by atoms with Gasteiger partial charge < -0.3 is 0 Å². The van der Waals surface area contributed by atoms with Crippen LogP contribution in [0.25, 0.3) is 0 Å². The molecule has 0 spiro atoms. The first kappa shape index (κ1) is 17.0. The van der Waals surface area contributed by atoms with E-state index in [1.54, 1.807) is 0 Å². The van der Waals surface area contributed by atoms with Gasteiger partial charge in [-0.3, -0.25) is 4.74 Å². The summed E-state index contributed by atoms with van der Waals surface area (Å²) in [6, 6.07) is 0. The Balaban J connectivity index is 4.59. The van der Waals surface area contributed by atoms with E-state index in [9.17, 15) is 35.1 Å². The van der Waals surface area contributed by atoms with E-state index in [2.05, 4.69) is 27.9 Å². The van der Waals surface area contributed by atoms with Crippen molar-refractivity contribution >= 4 is 23.2 Å². The number of hydrogen-bond acceptors (Lipinski definition) is 1. The second-order valence-corrected chi connectivity index (χ2v) is 4.09. The first-order valence-corrected chi connectivity index (χ1v) is 4.47. The monoisotopic (exact) mass is 314 g/mol. The molecule has 2 atom stereocenters. The van der Waals surface area contributed by atoms with E-state index in [0.717, 1.165) is 0 Å². The van der Waals surface area contributed by atoms with Gasteiger partial charge in [-0.1, -0.05) is 23.2 Å². The van der Waals surface area contributed by atoms with Gasteiger partial charge in [-0.05, 0) is 0 Å². The van der Waals surface area contributed by atoms with Crippen molar-refractivity contribution in [1.29, 1.82) is 0 Å². The summed E-state index contributed by atoms with van der Waals surface area (Å²) in [6.45, 7) is 0. The smallest absolute Gasteiger partial charge is 0.282 e. The van der Waals surface area contributed by atoms with Gasteiger partial charge in [-0.25, -0.2) is 0 Å². The summed E-state index contributed by atoms with van der Waals surface area (Å²) in [7, 11) is 0. The van der Waals surface area contributed by atoms with Crippen LogP contribution >= 0.6 is 23.2 Å². The van der Waals surface area contributed by atoms with Crippen LogP contribution in [0.4, 0.5) is 35.1 Å². The third kappa shape index (κ3) is 9.66. The molecule has 0 heterocycles. The van der Waals surface area contributed by atoms with Gasteiger partial charge in [0.05, 0.1) is 0 Å². The molecule has 0 aliphatic carbocycles. The molecule has 0 aromatic rings. The summed E-state index contributed by atoms with van der Waals surface area (Å²) < 4.78 is 98.7. The van der Waals surface area contributed by atoms with Crippen LogP contribution in [-0.4, -0.2) is 23.0 Å². The minimum atomic E-state index is -5.21. The molecule has 0 aliphatic heterocycles. The lowest BCUT2D eigenvalue weighted by atomic mass is 10.4. The van der Waals surface area contributed by atoms with Crippen molar-refractivity contribution in [3.05, 3.63) is 0 Å². The molecule has 0 bridgehead atoms. The Morgan fingerprint density at radius 2 is 0.882 bits per heavy atom. The molecule has 0 aromatic heterocycles. The average molecular weight is 315 g/mol. The number of alkyl halides is 10. The molecule has 0 aliphatic rings. The lowest BCUT2D eigenvalue weighted by Gasteiger charge is -2.27. The Labute approximate surface area is 99.6 Å². The van der Waals surface area contributed by atoms with Crippen LogP contribution in [0.5, 0.6) is 0 Å². The molecule has 0 saturated heterocycles. The van der Waals surface area contributed by atoms with Crippen molar-refractivity contribution < 1.29 is 39.9 Å². The molecule has 0 aromatic carbocycles. The van der Waals surface area contributed by atoms with Crippen LogP contribution in [-0.2, 0) is 4.74 Å². The Kier molecular flexibility index (Phi) is 4.92. The maximum Gasteiger partial charge on any atom is 0.395 e. The molecule has 0 fully saturated rings. The molecule has 104 valence electrons. The van der Waals surface area contributed by atoms with E-state index in [1.807, 2.05) is 0 Å². The lowest BCUT2D eigenvalue weighted by molar-refractivity contribution is -0.268. The summed E-state index contributed by atoms with van der Waals surface area (Å²) in [5, 5.41) is -8.44. The zero-order valence-electron chi connectivity index (χ0n) is 7.60. The van der Waals surface area contributed by atoms with Crippen molar-refractivity contribution in [2.75, 3.05) is 0 Å². The third-order valence-corrected chi connectivity index (χ3v) is 1.53. The predicted octanol–water partition coefficient (Wildman–Crippen LogP) is 4.63. The minimum absolute atomic E-state index is 2.52. The van der Waals surface area contributed by atoms with E-state index >= 15 is 0 Å². The second-order valence-electron chi connectivity index (χ2n) is 2.96. The predicted molar refractivity (Wildman–Crippen MR) is 41.8 cm³/mol. The van der Waals surface area contributed by atoms with E-state index in [0.29, 0.717) is 0 Å². The van der Waals surface area contributed by atoms with Crippen LogP contribution in [0.2, 0.25) is 0 Å². The highest BCUT2D eigenvalue weighted by molar-refractivity contribution is 6.24. The third-order valence-electron chi connectivity index (χ3n) is 1.11. The van der Waals surface area contributed by atoms with Crippen LogP contribution in [0, 0.1) is 0 Å². The van der Waals surface area contributed by atoms with Crippen LogP contribution < -0.4 is 0 Å². The fourth-order valence-corrected chi connectivity index (χ4v) is 1.34. The van der Waals surface area contributed by atoms with Crippen molar-refractivity contribution in [1.82, 2.24) is 0 Å². The number of ether oxygens (including phenoxy) is 1. The zero-order valence-corrected chi connectivity index (χ0v) is 9.11. The molecule has 0 radical (unpaired) electrons. The molecule has 1 nitrogen and oxygen atoms in total. The first-order valence-electron chi connectivity index (χ1n) is 3.71. The van der Waals surface area contributed by atoms with Gasteiger partial charge in [-0.15, -0.1) is 0 Å². The number of halogens is 10. The maximum absolute atomic E-state index is 12.8. The van der Waals surface area contributed by atoms with Crippen LogP contribution in [0.1, 0.15) is 12.8 Å². The summed E-state index contributed by atoms with van der Waals surface area (Å²) >= 11 is 8.87. The molecule has 0 saturated carbocycles. The van der Waals surface area contributed by atoms with Crippen molar-refractivity contribution in [2.45, 2.75) is 35.8 Å². The summed E-state index contributed by atoms with van der Waals surface area (Å²) in [6.07, 6.45) is -15.4. The molecule has 0 rings (SSSR count). The first-order chi connectivity index (χ1) is 7.12. The van der Waals surface area contributed by atoms with Gasteiger partial charge in [0.25, 0.3) is 10.6 Å². The highest BCUT2D eigenvalue weighted by Crippen LogP contribution is 2.42. The summed E-state index contributed by atoms with van der Waals surface area (Å²) in [5.74, 6) is 0. The van der Waals surface area contributed by atoms with Gasteiger partial charge >= 0.3 is 12.4 Å². The van der Waals surface area contributed by atoms with Gasteiger partial charge in [0, 0.05) is 0 Å². The number of hydrogen-bond donors (Lipinski definition) is 0. The normalized spacial score (nSPS) is 20.8. The molecular weight excluding hydrogens is 311 g/mol. The van der Waals surface area contributed by atoms with Crippen LogP contribution in [0.15, 0.2) is 0 Å². The maximum atomic E-state index is 12.8. The van der Waals surface area contributed by atoms with Gasteiger partial charge in [-0.2, -0.15) is 35.1 Å². The van der Waals surface area contributed by atoms with E-state index in [4.69, 9.17) is 0 Å². The Morgan fingerprint density at radius 1 is 0.647 bits per heavy atom. The number of rotatable bonds is 4. The molecule has 2 unspecified atom stereocenters. The minimum Gasteiger partial charge on any atom is -0.282 e. The van der Waals surface area contributed by atoms with Crippen molar-refractivity contribution in [3.63, 3.8) is 0 Å². The van der Waals surface area contributed by atoms with E-state index in [-0.39, 0.29) is 0 Å². The van der Waals surface area contributed by atoms with E-state index < -0.39 is 35.8 Å². The SMILES string of the molecule is FC(F)(F)CC(F)(Cl)OC(F)(Cl)CC(F)(F)F. The molecule has 11 heteroatoms. The standard InChI is InChI=1S/C6H4Cl2F8O/c7-3(9,1-5(11,12)13)17-4(8,10)2-6(14,15)16/h1-2H2. The van der Waals surface area contributed by atoms with Gasteiger partial charge in [0.2, 0.25) is 0 Å². The average Bonchev–Trinajstić information content (AvgIpc) is 1.65. The Bertz CT molecular complexity index is 232. The molecular formula is C6H4Cl2F8O. The van der Waals surface area contributed by atoms with Gasteiger partial charge in [0.15, 0.2) is 0 Å². The highest BCUT2D eigenvalue weighted by atomic mass is 35.5. The lowest BCUT2D eigenvalue weighted by Crippen LogP contribution is -2.37. The highest BCUT2D eigenvalue weighted by Gasteiger charge is 2.52. The van der Waals surface area contributed by atoms with Crippen molar-refractivity contribution in [3.8, 4) is 0 Å². The Morgan fingerprint density at radius 3 is 1.06 bits per heavy atom. The Hall–Kier alpha value is -0.0200. The summed E-state index contributed by atoms with van der Waals surface area (Å²) in [4.78, 5) is 0. The fourth-order valence-electron chi connectivity index (χ4n) is 0.757. The largest absolute Gasteiger partial charge is 0.395 e. The molecule has 17 heavy (non-hydrogen) atoms. The molecule has 0 amide bonds. The summed E-state index contributed by atoms with van der Waals surface area (Å²) in [5.41, 5.74) is 0.